The molecule has 0 aliphatic heterocycles. The number of thiocarbonyl (C=S) groups is 1. The van der Waals surface area contributed by atoms with Crippen LogP contribution < -0.4 is 0 Å². The number of hydrogen-bond donors (Lipinski definition) is 0. The predicted octanol–water partition coefficient (Wildman–Crippen LogP) is 0.857. The SMILES string of the molecule is CCO[C]=S. The molecule has 2 heteroatoms. The minimum atomic E-state index is 0.628. The largest absolute Gasteiger partial charge is 0.480 e. The summed E-state index contributed by atoms with van der Waals surface area (Å²) in [6, 6.07) is 0. The lowest BCUT2D eigenvalue weighted by atomic mass is 10.9. The van der Waals surface area contributed by atoms with Crippen molar-refractivity contribution in [3.63, 3.8) is 0 Å². The van der Waals surface area contributed by atoms with Gasteiger partial charge in [-0.05, 0) is 19.1 Å². The first-order chi connectivity index (χ1) is 2.41. The van der Waals surface area contributed by atoms with E-state index >= 15 is 0 Å². The Labute approximate surface area is 36.9 Å². The predicted molar refractivity (Wildman–Crippen MR) is 24.2 cm³/mol. The van der Waals surface area contributed by atoms with Crippen LogP contribution in [0.1, 0.15) is 6.92 Å². The molecule has 0 fully saturated rings. The van der Waals surface area contributed by atoms with Crippen LogP contribution >= 0.6 is 12.2 Å². The van der Waals surface area contributed by atoms with Crippen LogP contribution in [0.4, 0.5) is 0 Å². The molecule has 1 nitrogen and oxygen atoms in total. The van der Waals surface area contributed by atoms with E-state index in [1.807, 2.05) is 6.92 Å². The van der Waals surface area contributed by atoms with Gasteiger partial charge in [0.1, 0.15) is 0 Å². The summed E-state index contributed by atoms with van der Waals surface area (Å²) in [6.45, 7) is 2.49. The first-order valence-electron chi connectivity index (χ1n) is 1.40. The molecule has 0 aromatic rings. The second-order valence-electron chi connectivity index (χ2n) is 0.516. The van der Waals surface area contributed by atoms with E-state index in [1.165, 1.54) is 0 Å². The summed E-state index contributed by atoms with van der Waals surface area (Å²) < 4.78 is 4.40. The standard InChI is InChI=1S/C3H5OS/c1-2-4-3-5/h2H2,1H3. The lowest BCUT2D eigenvalue weighted by molar-refractivity contribution is 0.351. The van der Waals surface area contributed by atoms with Crippen LogP contribution in [-0.2, 0) is 4.74 Å². The van der Waals surface area contributed by atoms with Crippen LogP contribution in [0, 0.1) is 0 Å². The molecule has 0 saturated heterocycles. The fraction of sp³-hybridized carbons (Fsp3) is 0.667. The van der Waals surface area contributed by atoms with Crippen molar-refractivity contribution in [2.24, 2.45) is 0 Å². The van der Waals surface area contributed by atoms with E-state index in [2.05, 4.69) is 22.5 Å². The van der Waals surface area contributed by atoms with Gasteiger partial charge in [-0.2, -0.15) is 0 Å². The van der Waals surface area contributed by atoms with E-state index in [-0.39, 0.29) is 0 Å². The topological polar surface area (TPSA) is 9.23 Å². The molecule has 0 bridgehead atoms. The van der Waals surface area contributed by atoms with Crippen LogP contribution in [-0.4, -0.2) is 12.2 Å². The van der Waals surface area contributed by atoms with Crippen molar-refractivity contribution in [1.29, 1.82) is 0 Å². The Balaban J connectivity index is 2.40. The minimum absolute atomic E-state index is 0.628. The Bertz CT molecular complexity index is 28.1. The van der Waals surface area contributed by atoms with Crippen molar-refractivity contribution in [3.05, 3.63) is 0 Å². The van der Waals surface area contributed by atoms with Gasteiger partial charge in [-0.15, -0.1) is 0 Å². The molecule has 5 heavy (non-hydrogen) atoms. The van der Waals surface area contributed by atoms with Gasteiger partial charge >= 0.3 is 0 Å². The van der Waals surface area contributed by atoms with Crippen LogP contribution in [0.15, 0.2) is 0 Å². The van der Waals surface area contributed by atoms with Gasteiger partial charge in [-0.25, -0.2) is 0 Å². The molecule has 0 heterocycles. The van der Waals surface area contributed by atoms with Crippen LogP contribution in [0.5, 0.6) is 0 Å². The Kier molecular flexibility index (Phi) is 3.80. The van der Waals surface area contributed by atoms with Gasteiger partial charge in [-0.3, -0.25) is 0 Å². The third-order valence-corrected chi connectivity index (χ3v) is 0.321. The maximum absolute atomic E-state index is 4.40. The van der Waals surface area contributed by atoms with Gasteiger partial charge in [0.25, 0.3) is 0 Å². The Hall–Kier alpha value is -0.110. The summed E-state index contributed by atoms with van der Waals surface area (Å²) in [7, 11) is 0. The lowest BCUT2D eigenvalue weighted by Crippen LogP contribution is -1.78. The fourth-order valence-electron chi connectivity index (χ4n) is 0.0589. The zero-order valence-corrected chi connectivity index (χ0v) is 3.84. The highest BCUT2D eigenvalue weighted by Gasteiger charge is 1.60. The fourth-order valence-corrected chi connectivity index (χ4v) is 0.177. The maximum Gasteiger partial charge on any atom is 0.239 e. The summed E-state index contributed by atoms with van der Waals surface area (Å²) in [4.78, 5) is 0. The van der Waals surface area contributed by atoms with E-state index < -0.39 is 0 Å². The van der Waals surface area contributed by atoms with Gasteiger partial charge in [0, 0.05) is 0 Å². The molecule has 0 N–H and O–H groups in total. The molecule has 0 aromatic carbocycles. The molecule has 0 atom stereocenters. The van der Waals surface area contributed by atoms with Gasteiger partial charge < -0.3 is 4.74 Å². The Morgan fingerprint density at radius 1 is 2.00 bits per heavy atom. The average molecular weight is 89.1 g/mol. The Morgan fingerprint density at radius 3 is 2.60 bits per heavy atom. The molecule has 0 aliphatic rings. The molecule has 0 amide bonds. The molecule has 29 valence electrons. The third-order valence-electron chi connectivity index (χ3n) is 0.203. The van der Waals surface area contributed by atoms with Crippen molar-refractivity contribution in [1.82, 2.24) is 0 Å². The zero-order chi connectivity index (χ0) is 4.12. The number of hydrogen-bond acceptors (Lipinski definition) is 2. The highest BCUT2D eigenvalue weighted by molar-refractivity contribution is 7.78. The second-order valence-corrected chi connectivity index (χ2v) is 0.683. The summed E-state index contributed by atoms with van der Waals surface area (Å²) in [6.07, 6.45) is 0. The summed E-state index contributed by atoms with van der Waals surface area (Å²) >= 11 is 4.18. The molecule has 0 aromatic heterocycles. The highest BCUT2D eigenvalue weighted by Crippen LogP contribution is 1.59. The maximum atomic E-state index is 4.40. The van der Waals surface area contributed by atoms with Gasteiger partial charge in [0.05, 0.1) is 6.61 Å². The first-order valence-corrected chi connectivity index (χ1v) is 1.81. The second kappa shape index (κ2) is 3.89. The minimum Gasteiger partial charge on any atom is -0.480 e. The van der Waals surface area contributed by atoms with Gasteiger partial charge in [-0.1, -0.05) is 0 Å². The van der Waals surface area contributed by atoms with Crippen molar-refractivity contribution >= 4 is 17.8 Å². The van der Waals surface area contributed by atoms with Crippen molar-refractivity contribution in [3.8, 4) is 0 Å². The quantitative estimate of drug-likeness (QED) is 0.464. The van der Waals surface area contributed by atoms with Crippen molar-refractivity contribution in [2.75, 3.05) is 6.61 Å². The van der Waals surface area contributed by atoms with Crippen LogP contribution in [0.3, 0.4) is 0 Å². The molecular formula is C3H5OS. The highest BCUT2D eigenvalue weighted by atomic mass is 32.1. The average Bonchev–Trinajstić information content (AvgIpc) is 1.41. The lowest BCUT2D eigenvalue weighted by Gasteiger charge is -1.80. The first kappa shape index (κ1) is 4.89. The molecule has 0 spiro atoms. The van der Waals surface area contributed by atoms with Crippen LogP contribution in [0.2, 0.25) is 0 Å². The van der Waals surface area contributed by atoms with Crippen molar-refractivity contribution in [2.45, 2.75) is 6.92 Å². The van der Waals surface area contributed by atoms with Crippen molar-refractivity contribution < 1.29 is 4.74 Å². The smallest absolute Gasteiger partial charge is 0.239 e. The summed E-state index contributed by atoms with van der Waals surface area (Å²) in [5, 5.41) is 0. The molecule has 0 saturated carbocycles. The monoisotopic (exact) mass is 89.0 g/mol. The number of ether oxygens (including phenoxy) is 1. The van der Waals surface area contributed by atoms with Crippen LogP contribution in [0.25, 0.3) is 0 Å². The summed E-state index contributed by atoms with van der Waals surface area (Å²) in [5.74, 6) is 0. The normalized spacial score (nSPS) is 6.60. The molecular weight excluding hydrogens is 84.1 g/mol. The molecule has 1 radical (unpaired) electrons. The van der Waals surface area contributed by atoms with E-state index in [0.29, 0.717) is 6.61 Å². The Morgan fingerprint density at radius 2 is 2.60 bits per heavy atom. The van der Waals surface area contributed by atoms with E-state index in [4.69, 9.17) is 0 Å². The van der Waals surface area contributed by atoms with E-state index in [0.717, 1.165) is 0 Å². The summed E-state index contributed by atoms with van der Waals surface area (Å²) in [5.41, 5.74) is 2.10. The van der Waals surface area contributed by atoms with E-state index in [1.54, 1.807) is 0 Å². The zero-order valence-electron chi connectivity index (χ0n) is 3.02. The van der Waals surface area contributed by atoms with E-state index in [9.17, 15) is 0 Å². The molecule has 0 aliphatic carbocycles. The van der Waals surface area contributed by atoms with Gasteiger partial charge in [0.15, 0.2) is 0 Å². The molecule has 0 rings (SSSR count). The molecule has 0 unspecified atom stereocenters. The third kappa shape index (κ3) is 3.89. The number of rotatable bonds is 2. The van der Waals surface area contributed by atoms with Gasteiger partial charge in [0.2, 0.25) is 5.55 Å².